The molecule has 0 saturated carbocycles. The smallest absolute Gasteiger partial charge is 0.241 e. The lowest BCUT2D eigenvalue weighted by Crippen LogP contribution is -2.35. The molecule has 9 heteroatoms. The van der Waals surface area contributed by atoms with E-state index >= 15 is 0 Å². The van der Waals surface area contributed by atoms with Crippen LogP contribution in [0.15, 0.2) is 23.4 Å². The summed E-state index contributed by atoms with van der Waals surface area (Å²) in [4.78, 5) is 15.6. The monoisotopic (exact) mass is 341 g/mol. The van der Waals surface area contributed by atoms with Crippen molar-refractivity contribution in [1.29, 1.82) is 0 Å². The molecule has 1 fully saturated rings. The molecule has 1 aromatic rings. The third kappa shape index (κ3) is 4.90. The van der Waals surface area contributed by atoms with Gasteiger partial charge in [-0.1, -0.05) is 0 Å². The van der Waals surface area contributed by atoms with Crippen LogP contribution in [0.4, 0.5) is 5.69 Å². The number of aromatic nitrogens is 1. The Labute approximate surface area is 130 Å². The summed E-state index contributed by atoms with van der Waals surface area (Å²) in [7, 11) is -3.30. The van der Waals surface area contributed by atoms with Gasteiger partial charge in [0.25, 0.3) is 0 Å². The van der Waals surface area contributed by atoms with Crippen molar-refractivity contribution < 1.29 is 13.2 Å². The highest BCUT2D eigenvalue weighted by atomic mass is 35.5. The number of carbonyl (C=O) groups excluding carboxylic acids is 1. The van der Waals surface area contributed by atoms with E-state index in [0.29, 0.717) is 5.69 Å². The number of hydrogen-bond acceptors (Lipinski definition) is 5. The zero-order valence-corrected chi connectivity index (χ0v) is 13.3. The Balaban J connectivity index is 0.00000180. The van der Waals surface area contributed by atoms with Gasteiger partial charge in [-0.05, 0) is 31.5 Å². The summed E-state index contributed by atoms with van der Waals surface area (Å²) in [5.41, 5.74) is 0.501. The van der Waals surface area contributed by atoms with Gasteiger partial charge in [0.2, 0.25) is 5.91 Å². The largest absolute Gasteiger partial charge is 0.323 e. The van der Waals surface area contributed by atoms with Gasteiger partial charge in [0.1, 0.15) is 0 Å². The highest BCUT2D eigenvalue weighted by Gasteiger charge is 2.22. The van der Waals surface area contributed by atoms with E-state index in [4.69, 9.17) is 0 Å². The Kier molecular flexibility index (Phi) is 7.43. The van der Waals surface area contributed by atoms with E-state index in [1.807, 2.05) is 0 Å². The Hall–Kier alpha value is -0.890. The molecule has 114 valence electrons. The lowest BCUT2D eigenvalue weighted by Gasteiger charge is -2.10. The van der Waals surface area contributed by atoms with Crippen LogP contribution in [-0.2, 0) is 14.6 Å². The summed E-state index contributed by atoms with van der Waals surface area (Å²) in [5, 5.41) is 5.79. The molecule has 1 atom stereocenters. The summed E-state index contributed by atoms with van der Waals surface area (Å²) < 4.78 is 22.4. The maximum atomic E-state index is 11.8. The van der Waals surface area contributed by atoms with Crippen molar-refractivity contribution in [2.45, 2.75) is 23.9 Å². The van der Waals surface area contributed by atoms with Crippen LogP contribution < -0.4 is 10.6 Å². The number of hydrogen-bond donors (Lipinski definition) is 2. The molecule has 0 spiro atoms. The van der Waals surface area contributed by atoms with Gasteiger partial charge >= 0.3 is 0 Å². The molecular formula is C11H17Cl2N3O3S. The number of nitrogens with zero attached hydrogens (tertiary/aromatic N) is 1. The fraction of sp³-hybridized carbons (Fsp3) is 0.455. The Morgan fingerprint density at radius 3 is 2.55 bits per heavy atom. The average molecular weight is 342 g/mol. The Bertz CT molecular complexity index is 543. The SMILES string of the molecule is CS(=O)(=O)c1ccc(NC(=O)C2CCCN2)cn1.Cl.Cl. The first-order valence-electron chi connectivity index (χ1n) is 5.67. The van der Waals surface area contributed by atoms with E-state index in [9.17, 15) is 13.2 Å². The van der Waals surface area contributed by atoms with E-state index in [1.165, 1.54) is 18.3 Å². The van der Waals surface area contributed by atoms with Crippen LogP contribution in [0.5, 0.6) is 0 Å². The molecule has 1 amide bonds. The van der Waals surface area contributed by atoms with Crippen molar-refractivity contribution in [2.75, 3.05) is 18.1 Å². The van der Waals surface area contributed by atoms with Gasteiger partial charge in [-0.25, -0.2) is 13.4 Å². The van der Waals surface area contributed by atoms with Gasteiger partial charge < -0.3 is 10.6 Å². The summed E-state index contributed by atoms with van der Waals surface area (Å²) in [6.07, 6.45) is 4.25. The molecule has 1 unspecified atom stereocenters. The third-order valence-electron chi connectivity index (χ3n) is 2.76. The quantitative estimate of drug-likeness (QED) is 0.856. The zero-order valence-electron chi connectivity index (χ0n) is 10.8. The number of carbonyl (C=O) groups is 1. The number of amides is 1. The molecule has 2 rings (SSSR count). The minimum Gasteiger partial charge on any atom is -0.323 e. The van der Waals surface area contributed by atoms with Crippen LogP contribution in [0.1, 0.15) is 12.8 Å². The van der Waals surface area contributed by atoms with Gasteiger partial charge in [0, 0.05) is 6.26 Å². The fourth-order valence-electron chi connectivity index (χ4n) is 1.81. The lowest BCUT2D eigenvalue weighted by molar-refractivity contribution is -0.117. The van der Waals surface area contributed by atoms with Crippen molar-refractivity contribution in [1.82, 2.24) is 10.3 Å². The van der Waals surface area contributed by atoms with Crippen molar-refractivity contribution in [3.63, 3.8) is 0 Å². The first-order valence-corrected chi connectivity index (χ1v) is 7.56. The molecule has 6 nitrogen and oxygen atoms in total. The average Bonchev–Trinajstić information content (AvgIpc) is 2.82. The second-order valence-corrected chi connectivity index (χ2v) is 6.26. The van der Waals surface area contributed by atoms with Crippen molar-refractivity contribution >= 4 is 46.2 Å². The lowest BCUT2D eigenvalue weighted by atomic mass is 10.2. The van der Waals surface area contributed by atoms with E-state index < -0.39 is 9.84 Å². The minimum absolute atomic E-state index is 0. The van der Waals surface area contributed by atoms with Crippen LogP contribution in [-0.4, -0.2) is 38.2 Å². The van der Waals surface area contributed by atoms with Gasteiger partial charge in [-0.15, -0.1) is 24.8 Å². The predicted octanol–water partition coefficient (Wildman–Crippen LogP) is 1.02. The molecule has 2 N–H and O–H groups in total. The molecule has 1 aliphatic rings. The van der Waals surface area contributed by atoms with Crippen LogP contribution in [0, 0.1) is 0 Å². The molecule has 1 saturated heterocycles. The van der Waals surface area contributed by atoms with E-state index in [0.717, 1.165) is 25.6 Å². The molecule has 0 radical (unpaired) electrons. The first-order chi connectivity index (χ1) is 8.47. The minimum atomic E-state index is -3.30. The molecule has 0 aliphatic carbocycles. The van der Waals surface area contributed by atoms with Crippen molar-refractivity contribution in [3.8, 4) is 0 Å². The maximum absolute atomic E-state index is 11.8. The second-order valence-electron chi connectivity index (χ2n) is 4.30. The topological polar surface area (TPSA) is 88.2 Å². The summed E-state index contributed by atoms with van der Waals surface area (Å²) in [6.45, 7) is 0.851. The number of pyridine rings is 1. The third-order valence-corrected chi connectivity index (χ3v) is 3.76. The number of sulfone groups is 1. The van der Waals surface area contributed by atoms with Crippen LogP contribution in [0.3, 0.4) is 0 Å². The van der Waals surface area contributed by atoms with Gasteiger partial charge in [0.15, 0.2) is 14.9 Å². The standard InChI is InChI=1S/C11H15N3O3S.2ClH/c1-18(16,17)10-5-4-8(7-13-10)14-11(15)9-3-2-6-12-9;;/h4-5,7,9,12H,2-3,6H2,1H3,(H,14,15);2*1H. The first kappa shape index (κ1) is 19.1. The molecule has 0 aromatic carbocycles. The summed E-state index contributed by atoms with van der Waals surface area (Å²) in [5.74, 6) is -0.110. The number of halogens is 2. The van der Waals surface area contributed by atoms with Crippen LogP contribution in [0.2, 0.25) is 0 Å². The number of anilines is 1. The molecule has 1 aliphatic heterocycles. The van der Waals surface area contributed by atoms with E-state index in [1.54, 1.807) is 0 Å². The molecule has 0 bridgehead atoms. The number of rotatable bonds is 3. The number of nitrogens with one attached hydrogen (secondary N) is 2. The fourth-order valence-corrected chi connectivity index (χ4v) is 2.37. The predicted molar refractivity (Wildman–Crippen MR) is 81.5 cm³/mol. The van der Waals surface area contributed by atoms with Crippen LogP contribution in [0.25, 0.3) is 0 Å². The van der Waals surface area contributed by atoms with E-state index in [-0.39, 0.29) is 41.8 Å². The molecule has 20 heavy (non-hydrogen) atoms. The molecular weight excluding hydrogens is 325 g/mol. The van der Waals surface area contributed by atoms with Gasteiger partial charge in [-0.2, -0.15) is 0 Å². The highest BCUT2D eigenvalue weighted by Crippen LogP contribution is 2.12. The molecule has 2 heterocycles. The normalized spacial score (nSPS) is 17.8. The van der Waals surface area contributed by atoms with Gasteiger partial charge in [-0.3, -0.25) is 4.79 Å². The molecule has 1 aromatic heterocycles. The zero-order chi connectivity index (χ0) is 13.2. The van der Waals surface area contributed by atoms with Crippen molar-refractivity contribution in [2.24, 2.45) is 0 Å². The Morgan fingerprint density at radius 2 is 2.10 bits per heavy atom. The van der Waals surface area contributed by atoms with Crippen molar-refractivity contribution in [3.05, 3.63) is 18.3 Å². The second kappa shape index (κ2) is 7.78. The van der Waals surface area contributed by atoms with Gasteiger partial charge in [0.05, 0.1) is 17.9 Å². The van der Waals surface area contributed by atoms with Crippen LogP contribution >= 0.6 is 24.8 Å². The maximum Gasteiger partial charge on any atom is 0.241 e. The summed E-state index contributed by atoms with van der Waals surface area (Å²) >= 11 is 0. The Morgan fingerprint density at radius 1 is 1.40 bits per heavy atom. The highest BCUT2D eigenvalue weighted by molar-refractivity contribution is 7.90. The van der Waals surface area contributed by atoms with E-state index in [2.05, 4.69) is 15.6 Å². The summed E-state index contributed by atoms with van der Waals surface area (Å²) in [6, 6.07) is 2.75.